The molecule has 3 aromatic rings. The summed E-state index contributed by atoms with van der Waals surface area (Å²) in [6.45, 7) is 3.11. The van der Waals surface area contributed by atoms with E-state index in [1.165, 1.54) is 5.39 Å². The van der Waals surface area contributed by atoms with Crippen molar-refractivity contribution in [3.8, 4) is 0 Å². The first-order valence-corrected chi connectivity index (χ1v) is 8.43. The molecule has 2 aromatic heterocycles. The Morgan fingerprint density at radius 3 is 2.80 bits per heavy atom. The quantitative estimate of drug-likeness (QED) is 0.720. The molecule has 1 amide bonds. The van der Waals surface area contributed by atoms with Crippen LogP contribution in [-0.2, 0) is 16.1 Å². The summed E-state index contributed by atoms with van der Waals surface area (Å²) in [5.74, 6) is -0.00937. The predicted molar refractivity (Wildman–Crippen MR) is 98.3 cm³/mol. The minimum atomic E-state index is -0.235. The molecule has 2 heterocycles. The van der Waals surface area contributed by atoms with Gasteiger partial charge in [0.05, 0.1) is 18.3 Å². The minimum absolute atomic E-state index is 0.00937. The lowest BCUT2D eigenvalue weighted by atomic mass is 10.2. The maximum absolute atomic E-state index is 12.4. The third-order valence-corrected chi connectivity index (χ3v) is 4.29. The van der Waals surface area contributed by atoms with E-state index in [9.17, 15) is 4.79 Å². The van der Waals surface area contributed by atoms with E-state index in [1.807, 2.05) is 30.3 Å². The van der Waals surface area contributed by atoms with Crippen LogP contribution in [0.15, 0.2) is 54.7 Å². The number of pyridine rings is 1. The molecule has 1 unspecified atom stereocenters. The number of para-hydroxylation sites is 1. The van der Waals surface area contributed by atoms with Gasteiger partial charge in [0.25, 0.3) is 0 Å². The molecule has 1 aromatic carbocycles. The molecule has 1 N–H and O–H groups in total. The summed E-state index contributed by atoms with van der Waals surface area (Å²) in [6, 6.07) is 15.8. The Kier molecular flexibility index (Phi) is 5.46. The Hall–Kier alpha value is -2.66. The van der Waals surface area contributed by atoms with Crippen LogP contribution in [0.5, 0.6) is 0 Å². The molecule has 130 valence electrons. The number of aryl methyl sites for hydroxylation is 2. The van der Waals surface area contributed by atoms with Crippen LogP contribution in [0, 0.1) is 6.92 Å². The molecule has 3 rings (SSSR count). The molecule has 0 aliphatic heterocycles. The molecule has 1 atom stereocenters. The summed E-state index contributed by atoms with van der Waals surface area (Å²) in [7, 11) is 1.62. The van der Waals surface area contributed by atoms with Crippen molar-refractivity contribution in [1.29, 1.82) is 0 Å². The van der Waals surface area contributed by atoms with E-state index >= 15 is 0 Å². The Labute approximate surface area is 147 Å². The number of rotatable bonds is 7. The summed E-state index contributed by atoms with van der Waals surface area (Å²) in [5, 5.41) is 4.22. The van der Waals surface area contributed by atoms with E-state index in [0.717, 1.165) is 16.9 Å². The van der Waals surface area contributed by atoms with Crippen LogP contribution in [-0.4, -0.2) is 29.2 Å². The van der Waals surface area contributed by atoms with E-state index in [1.54, 1.807) is 13.3 Å². The lowest BCUT2D eigenvalue weighted by Gasteiger charge is -2.18. The van der Waals surface area contributed by atoms with Crippen molar-refractivity contribution in [3.63, 3.8) is 0 Å². The van der Waals surface area contributed by atoms with Gasteiger partial charge in [0, 0.05) is 37.5 Å². The highest BCUT2D eigenvalue weighted by molar-refractivity contribution is 5.81. The Morgan fingerprint density at radius 2 is 2.04 bits per heavy atom. The van der Waals surface area contributed by atoms with Crippen molar-refractivity contribution in [2.45, 2.75) is 25.9 Å². The van der Waals surface area contributed by atoms with E-state index < -0.39 is 0 Å². The van der Waals surface area contributed by atoms with Gasteiger partial charge in [0.15, 0.2) is 0 Å². The molecule has 0 saturated carbocycles. The van der Waals surface area contributed by atoms with Crippen LogP contribution < -0.4 is 5.32 Å². The maximum atomic E-state index is 12.4. The summed E-state index contributed by atoms with van der Waals surface area (Å²) in [5.41, 5.74) is 3.12. The number of amides is 1. The third kappa shape index (κ3) is 4.06. The standard InChI is InChI=1S/C20H23N3O2/c1-15-13-16-7-3-4-9-19(16)23(15)12-10-20(24)22-18(14-25-2)17-8-5-6-11-21-17/h3-9,11,13,18H,10,12,14H2,1-2H3,(H,22,24). The second kappa shape index (κ2) is 7.94. The Morgan fingerprint density at radius 1 is 1.24 bits per heavy atom. The van der Waals surface area contributed by atoms with Gasteiger partial charge in [-0.25, -0.2) is 0 Å². The first kappa shape index (κ1) is 17.2. The van der Waals surface area contributed by atoms with Gasteiger partial charge in [0.2, 0.25) is 5.91 Å². The zero-order chi connectivity index (χ0) is 17.6. The van der Waals surface area contributed by atoms with E-state index in [4.69, 9.17) is 4.74 Å². The lowest BCUT2D eigenvalue weighted by Crippen LogP contribution is -2.32. The normalized spacial score (nSPS) is 12.2. The number of ether oxygens (including phenoxy) is 1. The summed E-state index contributed by atoms with van der Waals surface area (Å²) < 4.78 is 7.41. The van der Waals surface area contributed by atoms with E-state index in [-0.39, 0.29) is 11.9 Å². The predicted octanol–water partition coefficient (Wildman–Crippen LogP) is 3.24. The van der Waals surface area contributed by atoms with Crippen molar-refractivity contribution in [2.24, 2.45) is 0 Å². The number of carbonyl (C=O) groups is 1. The fraction of sp³-hybridized carbons (Fsp3) is 0.300. The second-order valence-electron chi connectivity index (χ2n) is 6.08. The van der Waals surface area contributed by atoms with Gasteiger partial charge >= 0.3 is 0 Å². The second-order valence-corrected chi connectivity index (χ2v) is 6.08. The van der Waals surface area contributed by atoms with E-state index in [0.29, 0.717) is 19.6 Å². The number of nitrogens with zero attached hydrogens (tertiary/aromatic N) is 2. The minimum Gasteiger partial charge on any atom is -0.382 e. The number of hydrogen-bond acceptors (Lipinski definition) is 3. The monoisotopic (exact) mass is 337 g/mol. The van der Waals surface area contributed by atoms with Gasteiger partial charge in [-0.05, 0) is 36.6 Å². The molecule has 0 saturated heterocycles. The topological polar surface area (TPSA) is 56.1 Å². The number of aromatic nitrogens is 2. The lowest BCUT2D eigenvalue weighted by molar-refractivity contribution is -0.122. The molecule has 0 aliphatic carbocycles. The smallest absolute Gasteiger partial charge is 0.222 e. The highest BCUT2D eigenvalue weighted by Gasteiger charge is 2.16. The average molecular weight is 337 g/mol. The third-order valence-electron chi connectivity index (χ3n) is 4.29. The van der Waals surface area contributed by atoms with Crippen molar-refractivity contribution in [2.75, 3.05) is 13.7 Å². The van der Waals surface area contributed by atoms with E-state index in [2.05, 4.69) is 40.0 Å². The maximum Gasteiger partial charge on any atom is 0.222 e. The molecule has 0 radical (unpaired) electrons. The first-order valence-electron chi connectivity index (χ1n) is 8.43. The summed E-state index contributed by atoms with van der Waals surface area (Å²) >= 11 is 0. The van der Waals surface area contributed by atoms with Crippen molar-refractivity contribution >= 4 is 16.8 Å². The highest BCUT2D eigenvalue weighted by atomic mass is 16.5. The molecule has 5 nitrogen and oxygen atoms in total. The largest absolute Gasteiger partial charge is 0.382 e. The SMILES string of the molecule is COCC(NC(=O)CCn1c(C)cc2ccccc21)c1ccccn1. The molecule has 0 aliphatic rings. The van der Waals surface area contributed by atoms with Crippen molar-refractivity contribution in [3.05, 3.63) is 66.1 Å². The summed E-state index contributed by atoms with van der Waals surface area (Å²) in [4.78, 5) is 16.8. The van der Waals surface area contributed by atoms with Crippen LogP contribution in [0.25, 0.3) is 10.9 Å². The Balaban J connectivity index is 1.66. The molecular weight excluding hydrogens is 314 g/mol. The highest BCUT2D eigenvalue weighted by Crippen LogP contribution is 2.19. The number of benzene rings is 1. The molecule has 5 heteroatoms. The van der Waals surface area contributed by atoms with Crippen LogP contribution in [0.3, 0.4) is 0 Å². The van der Waals surface area contributed by atoms with Gasteiger partial charge in [0.1, 0.15) is 0 Å². The molecule has 0 fully saturated rings. The number of carbonyl (C=O) groups excluding carboxylic acids is 1. The fourth-order valence-electron chi connectivity index (χ4n) is 3.07. The zero-order valence-corrected chi connectivity index (χ0v) is 14.6. The van der Waals surface area contributed by atoms with Gasteiger partial charge in [-0.15, -0.1) is 0 Å². The molecule has 0 bridgehead atoms. The average Bonchev–Trinajstić information content (AvgIpc) is 2.95. The van der Waals surface area contributed by atoms with Crippen LogP contribution in [0.2, 0.25) is 0 Å². The van der Waals surface area contributed by atoms with Crippen LogP contribution in [0.1, 0.15) is 23.9 Å². The number of hydrogen-bond donors (Lipinski definition) is 1. The van der Waals surface area contributed by atoms with Crippen LogP contribution in [0.4, 0.5) is 0 Å². The van der Waals surface area contributed by atoms with Crippen LogP contribution >= 0.6 is 0 Å². The van der Waals surface area contributed by atoms with Gasteiger partial charge < -0.3 is 14.6 Å². The summed E-state index contributed by atoms with van der Waals surface area (Å²) in [6.07, 6.45) is 2.13. The van der Waals surface area contributed by atoms with Crippen molar-refractivity contribution < 1.29 is 9.53 Å². The van der Waals surface area contributed by atoms with Gasteiger partial charge in [-0.3, -0.25) is 9.78 Å². The fourth-order valence-corrected chi connectivity index (χ4v) is 3.07. The zero-order valence-electron chi connectivity index (χ0n) is 14.6. The van der Waals surface area contributed by atoms with Gasteiger partial charge in [-0.1, -0.05) is 24.3 Å². The number of nitrogens with one attached hydrogen (secondary N) is 1. The molecular formula is C20H23N3O2. The van der Waals surface area contributed by atoms with Gasteiger partial charge in [-0.2, -0.15) is 0 Å². The number of fused-ring (bicyclic) bond motifs is 1. The van der Waals surface area contributed by atoms with Crippen molar-refractivity contribution in [1.82, 2.24) is 14.9 Å². The molecule has 25 heavy (non-hydrogen) atoms. The Bertz CT molecular complexity index is 843. The number of methoxy groups -OCH3 is 1. The molecule has 0 spiro atoms. The first-order chi connectivity index (χ1) is 12.2.